The number of hydrogen-bond acceptors (Lipinski definition) is 3. The molecule has 0 heterocycles. The molecular weight excluding hydrogens is 233 g/mol. The molecular formula is C11H15ClFNO2. The molecule has 1 rings (SSSR count). The number of halogens is 2. The minimum absolute atomic E-state index is 0.123. The van der Waals surface area contributed by atoms with Gasteiger partial charge in [0.1, 0.15) is 24.3 Å². The Morgan fingerprint density at radius 3 is 2.94 bits per heavy atom. The van der Waals surface area contributed by atoms with Crippen molar-refractivity contribution in [1.82, 2.24) is 5.32 Å². The number of nitrogens with one attached hydrogen (secondary N) is 1. The van der Waals surface area contributed by atoms with Crippen molar-refractivity contribution in [2.24, 2.45) is 0 Å². The van der Waals surface area contributed by atoms with E-state index in [-0.39, 0.29) is 11.6 Å². The van der Waals surface area contributed by atoms with E-state index in [0.29, 0.717) is 12.3 Å². The smallest absolute Gasteiger partial charge is 0.138 e. The van der Waals surface area contributed by atoms with Crippen molar-refractivity contribution >= 4 is 11.6 Å². The zero-order chi connectivity index (χ0) is 12.0. The largest absolute Gasteiger partial charge is 0.489 e. The molecule has 0 aliphatic rings. The van der Waals surface area contributed by atoms with Gasteiger partial charge in [-0.15, -0.1) is 0 Å². The van der Waals surface area contributed by atoms with E-state index >= 15 is 0 Å². The number of aliphatic hydroxyl groups excluding tert-OH is 1. The summed E-state index contributed by atoms with van der Waals surface area (Å²) in [7, 11) is 0. The molecule has 0 radical (unpaired) electrons. The summed E-state index contributed by atoms with van der Waals surface area (Å²) in [5.74, 6) is -0.0378. The fourth-order valence-electron chi connectivity index (χ4n) is 1.15. The third-order valence-electron chi connectivity index (χ3n) is 1.96. The normalized spacial score (nSPS) is 12.5. The van der Waals surface area contributed by atoms with Crippen LogP contribution >= 0.6 is 11.6 Å². The summed E-state index contributed by atoms with van der Waals surface area (Å²) >= 11 is 5.76. The zero-order valence-corrected chi connectivity index (χ0v) is 9.80. The molecule has 3 nitrogen and oxygen atoms in total. The molecule has 0 spiro atoms. The molecule has 16 heavy (non-hydrogen) atoms. The lowest BCUT2D eigenvalue weighted by molar-refractivity contribution is 0.107. The van der Waals surface area contributed by atoms with Crippen LogP contribution in [0.1, 0.15) is 6.92 Å². The molecule has 0 saturated heterocycles. The van der Waals surface area contributed by atoms with Crippen LogP contribution in [0.5, 0.6) is 5.75 Å². The third-order valence-corrected chi connectivity index (χ3v) is 2.25. The van der Waals surface area contributed by atoms with Crippen LogP contribution in [0.4, 0.5) is 4.39 Å². The summed E-state index contributed by atoms with van der Waals surface area (Å²) in [6, 6.07) is 3.88. The number of likely N-dealkylation sites (N-methyl/N-ethyl adjacent to an activating group) is 1. The van der Waals surface area contributed by atoms with Crippen LogP contribution < -0.4 is 10.1 Å². The number of aliphatic hydroxyl groups is 1. The number of benzene rings is 1. The molecule has 0 aliphatic carbocycles. The first-order chi connectivity index (χ1) is 7.63. The van der Waals surface area contributed by atoms with Gasteiger partial charge in [0.25, 0.3) is 0 Å². The van der Waals surface area contributed by atoms with Crippen LogP contribution in [0, 0.1) is 5.82 Å². The van der Waals surface area contributed by atoms with Crippen molar-refractivity contribution in [2.45, 2.75) is 13.0 Å². The van der Waals surface area contributed by atoms with E-state index in [4.69, 9.17) is 16.3 Å². The Bertz CT molecular complexity index is 336. The summed E-state index contributed by atoms with van der Waals surface area (Å²) in [6.07, 6.45) is -0.610. The minimum Gasteiger partial charge on any atom is -0.489 e. The second kappa shape index (κ2) is 6.68. The first-order valence-corrected chi connectivity index (χ1v) is 5.48. The maximum Gasteiger partial charge on any atom is 0.138 e. The molecule has 1 unspecified atom stereocenters. The third kappa shape index (κ3) is 4.35. The van der Waals surface area contributed by atoms with E-state index in [1.165, 1.54) is 18.2 Å². The lowest BCUT2D eigenvalue weighted by Gasteiger charge is -2.13. The van der Waals surface area contributed by atoms with Gasteiger partial charge in [-0.3, -0.25) is 0 Å². The Kier molecular flexibility index (Phi) is 5.52. The molecule has 0 amide bonds. The van der Waals surface area contributed by atoms with Gasteiger partial charge in [0.15, 0.2) is 0 Å². The van der Waals surface area contributed by atoms with E-state index in [9.17, 15) is 9.50 Å². The Morgan fingerprint density at radius 1 is 1.56 bits per heavy atom. The standard InChI is InChI=1S/C11H15ClFNO2/c1-2-14-6-9(15)7-16-11-4-3-8(13)5-10(11)12/h3-5,9,14-15H,2,6-7H2,1H3. The molecule has 0 aromatic heterocycles. The quantitative estimate of drug-likeness (QED) is 0.806. The Hall–Kier alpha value is -0.840. The summed E-state index contributed by atoms with van der Waals surface area (Å²) in [4.78, 5) is 0. The van der Waals surface area contributed by atoms with Gasteiger partial charge in [0, 0.05) is 6.54 Å². The van der Waals surface area contributed by atoms with E-state index in [1.807, 2.05) is 6.92 Å². The van der Waals surface area contributed by atoms with Gasteiger partial charge >= 0.3 is 0 Å². The number of ether oxygens (including phenoxy) is 1. The molecule has 90 valence electrons. The van der Waals surface area contributed by atoms with E-state index < -0.39 is 11.9 Å². The first-order valence-electron chi connectivity index (χ1n) is 5.10. The van der Waals surface area contributed by atoms with Gasteiger partial charge < -0.3 is 15.2 Å². The van der Waals surface area contributed by atoms with Crippen LogP contribution in [0.25, 0.3) is 0 Å². The van der Waals surface area contributed by atoms with Crippen molar-refractivity contribution in [1.29, 1.82) is 0 Å². The second-order valence-electron chi connectivity index (χ2n) is 3.35. The second-order valence-corrected chi connectivity index (χ2v) is 3.75. The highest BCUT2D eigenvalue weighted by molar-refractivity contribution is 6.32. The zero-order valence-electron chi connectivity index (χ0n) is 9.04. The SMILES string of the molecule is CCNCC(O)COc1ccc(F)cc1Cl. The van der Waals surface area contributed by atoms with Crippen LogP contribution in [0.2, 0.25) is 5.02 Å². The van der Waals surface area contributed by atoms with E-state index in [2.05, 4.69) is 5.32 Å². The summed E-state index contributed by atoms with van der Waals surface area (Å²) in [5.41, 5.74) is 0. The maximum absolute atomic E-state index is 12.7. The predicted molar refractivity (Wildman–Crippen MR) is 61.5 cm³/mol. The highest BCUT2D eigenvalue weighted by atomic mass is 35.5. The fourth-order valence-corrected chi connectivity index (χ4v) is 1.37. The van der Waals surface area contributed by atoms with Crippen LogP contribution in [-0.4, -0.2) is 30.9 Å². The summed E-state index contributed by atoms with van der Waals surface area (Å²) in [6.45, 7) is 3.31. The van der Waals surface area contributed by atoms with Crippen molar-refractivity contribution in [3.63, 3.8) is 0 Å². The lowest BCUT2D eigenvalue weighted by Crippen LogP contribution is -2.31. The van der Waals surface area contributed by atoms with Crippen LogP contribution in [-0.2, 0) is 0 Å². The molecule has 0 bridgehead atoms. The summed E-state index contributed by atoms with van der Waals surface area (Å²) < 4.78 is 18.0. The maximum atomic E-state index is 12.7. The molecule has 1 atom stereocenters. The van der Waals surface area contributed by atoms with Crippen molar-refractivity contribution < 1.29 is 14.2 Å². The average molecular weight is 248 g/mol. The number of rotatable bonds is 6. The van der Waals surface area contributed by atoms with Gasteiger partial charge in [-0.25, -0.2) is 4.39 Å². The van der Waals surface area contributed by atoms with Crippen molar-refractivity contribution in [3.8, 4) is 5.75 Å². The van der Waals surface area contributed by atoms with Crippen molar-refractivity contribution in [3.05, 3.63) is 29.0 Å². The molecule has 0 saturated carbocycles. The number of hydrogen-bond donors (Lipinski definition) is 2. The van der Waals surface area contributed by atoms with Crippen molar-refractivity contribution in [2.75, 3.05) is 19.7 Å². The van der Waals surface area contributed by atoms with E-state index in [0.717, 1.165) is 6.54 Å². The lowest BCUT2D eigenvalue weighted by atomic mass is 10.3. The molecule has 5 heteroatoms. The minimum atomic E-state index is -0.610. The van der Waals surface area contributed by atoms with Gasteiger partial charge in [0.2, 0.25) is 0 Å². The monoisotopic (exact) mass is 247 g/mol. The Morgan fingerprint density at radius 2 is 2.31 bits per heavy atom. The predicted octanol–water partition coefficient (Wildman–Crippen LogP) is 1.83. The Balaban J connectivity index is 2.42. The molecule has 2 N–H and O–H groups in total. The fraction of sp³-hybridized carbons (Fsp3) is 0.455. The first kappa shape index (κ1) is 13.2. The van der Waals surface area contributed by atoms with Gasteiger partial charge in [0.05, 0.1) is 5.02 Å². The van der Waals surface area contributed by atoms with Gasteiger partial charge in [-0.1, -0.05) is 18.5 Å². The average Bonchev–Trinajstić information content (AvgIpc) is 2.25. The highest BCUT2D eigenvalue weighted by Crippen LogP contribution is 2.24. The van der Waals surface area contributed by atoms with Gasteiger partial charge in [-0.05, 0) is 24.7 Å². The highest BCUT2D eigenvalue weighted by Gasteiger charge is 2.07. The molecule has 1 aromatic rings. The molecule has 0 aliphatic heterocycles. The van der Waals surface area contributed by atoms with E-state index in [1.54, 1.807) is 0 Å². The molecule has 0 fully saturated rings. The van der Waals surface area contributed by atoms with Gasteiger partial charge in [-0.2, -0.15) is 0 Å². The summed E-state index contributed by atoms with van der Waals surface area (Å²) in [5, 5.41) is 12.7. The topological polar surface area (TPSA) is 41.5 Å². The Labute approximate surface area is 99.2 Å². The van der Waals surface area contributed by atoms with Crippen LogP contribution in [0.3, 0.4) is 0 Å². The molecule has 1 aromatic carbocycles. The van der Waals surface area contributed by atoms with Crippen LogP contribution in [0.15, 0.2) is 18.2 Å².